The molecule has 0 aromatic rings. The Hall–Kier alpha value is -0.120. The summed E-state index contributed by atoms with van der Waals surface area (Å²) in [5, 5.41) is 10.1. The van der Waals surface area contributed by atoms with Gasteiger partial charge in [-0.2, -0.15) is 0 Å². The summed E-state index contributed by atoms with van der Waals surface area (Å²) in [6, 6.07) is 0. The van der Waals surface area contributed by atoms with Crippen molar-refractivity contribution in [3.63, 3.8) is 0 Å². The lowest BCUT2D eigenvalue weighted by molar-refractivity contribution is -0.176. The van der Waals surface area contributed by atoms with E-state index in [-0.39, 0.29) is 37.6 Å². The van der Waals surface area contributed by atoms with Crippen molar-refractivity contribution in [3.05, 3.63) is 0 Å². The minimum Gasteiger partial charge on any atom is -0.392 e. The van der Waals surface area contributed by atoms with Crippen LogP contribution in [0.15, 0.2) is 0 Å². The molecule has 1 heterocycles. The first-order valence-corrected chi connectivity index (χ1v) is 5.44. The van der Waals surface area contributed by atoms with Crippen molar-refractivity contribution in [2.75, 3.05) is 13.7 Å². The van der Waals surface area contributed by atoms with E-state index in [1.165, 1.54) is 0 Å². The maximum absolute atomic E-state index is 10.1. The minimum absolute atomic E-state index is 0. The third kappa shape index (κ3) is 3.16. The molecule has 0 spiro atoms. The summed E-state index contributed by atoms with van der Waals surface area (Å²) < 4.78 is 10.9. The first kappa shape index (κ1) is 14.9. The van der Waals surface area contributed by atoms with Gasteiger partial charge in [-0.25, -0.2) is 0 Å². The van der Waals surface area contributed by atoms with Gasteiger partial charge in [0.15, 0.2) is 0 Å². The largest absolute Gasteiger partial charge is 0.392 e. The highest BCUT2D eigenvalue weighted by atomic mass is 16.5. The number of aliphatic hydroxyl groups is 1. The maximum atomic E-state index is 10.1. The monoisotopic (exact) mass is 218 g/mol. The minimum atomic E-state index is -0.260. The topological polar surface area (TPSA) is 38.7 Å². The predicted octanol–water partition coefficient (Wildman–Crippen LogP) is 2.08. The number of hydrogen-bond acceptors (Lipinski definition) is 3. The molecule has 0 bridgehead atoms. The van der Waals surface area contributed by atoms with Crippen molar-refractivity contribution in [3.8, 4) is 0 Å². The van der Waals surface area contributed by atoms with Gasteiger partial charge in [-0.15, -0.1) is 0 Å². The summed E-state index contributed by atoms with van der Waals surface area (Å²) in [5.74, 6) is 0.425. The van der Waals surface area contributed by atoms with E-state index in [1.807, 2.05) is 13.8 Å². The summed E-state index contributed by atoms with van der Waals surface area (Å²) in [4.78, 5) is 0. The van der Waals surface area contributed by atoms with Gasteiger partial charge in [-0.1, -0.05) is 21.3 Å². The van der Waals surface area contributed by atoms with Crippen LogP contribution in [0.5, 0.6) is 0 Å². The van der Waals surface area contributed by atoms with Gasteiger partial charge >= 0.3 is 0 Å². The van der Waals surface area contributed by atoms with Crippen LogP contribution in [0.2, 0.25) is 0 Å². The molecule has 5 atom stereocenters. The van der Waals surface area contributed by atoms with E-state index in [0.717, 1.165) is 6.42 Å². The number of hydrogen-bond donors (Lipinski definition) is 1. The molecule has 3 nitrogen and oxygen atoms in total. The Bertz CT molecular complexity index is 170. The van der Waals surface area contributed by atoms with Gasteiger partial charge in [-0.05, 0) is 13.3 Å². The molecule has 0 aliphatic carbocycles. The summed E-state index contributed by atoms with van der Waals surface area (Å²) in [5.41, 5.74) is 0. The highest BCUT2D eigenvalue weighted by Gasteiger charge is 2.39. The van der Waals surface area contributed by atoms with Gasteiger partial charge in [0.25, 0.3) is 0 Å². The molecule has 0 amide bonds. The third-order valence-corrected chi connectivity index (χ3v) is 3.36. The van der Waals surface area contributed by atoms with E-state index in [9.17, 15) is 5.11 Å². The summed E-state index contributed by atoms with van der Waals surface area (Å²) in [6.45, 7) is 6.73. The van der Waals surface area contributed by atoms with Gasteiger partial charge in [0.1, 0.15) is 0 Å². The second-order valence-corrected chi connectivity index (χ2v) is 4.26. The molecule has 15 heavy (non-hydrogen) atoms. The first-order valence-electron chi connectivity index (χ1n) is 5.44. The van der Waals surface area contributed by atoms with Crippen LogP contribution in [-0.2, 0) is 9.47 Å². The second kappa shape index (κ2) is 6.46. The van der Waals surface area contributed by atoms with Crippen LogP contribution < -0.4 is 0 Å². The molecular formula is C12H26O3. The lowest BCUT2D eigenvalue weighted by Gasteiger charge is -2.42. The molecule has 1 aliphatic rings. The third-order valence-electron chi connectivity index (χ3n) is 3.36. The van der Waals surface area contributed by atoms with Crippen LogP contribution in [0.1, 0.15) is 34.6 Å². The van der Waals surface area contributed by atoms with E-state index in [1.54, 1.807) is 7.11 Å². The van der Waals surface area contributed by atoms with Gasteiger partial charge in [0.05, 0.1) is 24.9 Å². The molecule has 0 radical (unpaired) electrons. The Kier molecular flexibility index (Phi) is 6.41. The standard InChI is InChI=1S/C11H22O3.CH4/c1-5-9-8(3)14-10(6-13-4)7(2)11(9)12;/h7-12H,5-6H2,1-4H3;1H4. The molecule has 5 unspecified atom stereocenters. The van der Waals surface area contributed by atoms with E-state index in [0.29, 0.717) is 6.61 Å². The van der Waals surface area contributed by atoms with Gasteiger partial charge in [0, 0.05) is 18.9 Å². The average Bonchev–Trinajstić information content (AvgIpc) is 2.15. The zero-order valence-corrected chi connectivity index (χ0v) is 9.56. The molecule has 92 valence electrons. The van der Waals surface area contributed by atoms with Crippen molar-refractivity contribution in [2.24, 2.45) is 11.8 Å². The Morgan fingerprint density at radius 2 is 1.93 bits per heavy atom. The van der Waals surface area contributed by atoms with Crippen molar-refractivity contribution < 1.29 is 14.6 Å². The molecule has 1 rings (SSSR count). The van der Waals surface area contributed by atoms with Crippen LogP contribution in [0.4, 0.5) is 0 Å². The number of aliphatic hydroxyl groups excluding tert-OH is 1. The Morgan fingerprint density at radius 3 is 2.40 bits per heavy atom. The van der Waals surface area contributed by atoms with Crippen molar-refractivity contribution in [2.45, 2.75) is 52.9 Å². The van der Waals surface area contributed by atoms with E-state index < -0.39 is 0 Å². The van der Waals surface area contributed by atoms with E-state index >= 15 is 0 Å². The van der Waals surface area contributed by atoms with Crippen molar-refractivity contribution in [1.82, 2.24) is 0 Å². The molecule has 1 fully saturated rings. The van der Waals surface area contributed by atoms with Crippen LogP contribution in [-0.4, -0.2) is 37.1 Å². The number of rotatable bonds is 3. The lowest BCUT2D eigenvalue weighted by Crippen LogP contribution is -2.50. The first-order chi connectivity index (χ1) is 6.61. The maximum Gasteiger partial charge on any atom is 0.0862 e. The number of methoxy groups -OCH3 is 1. The fraction of sp³-hybridized carbons (Fsp3) is 1.00. The van der Waals surface area contributed by atoms with Crippen LogP contribution in [0.25, 0.3) is 0 Å². The normalized spacial score (nSPS) is 41.0. The highest BCUT2D eigenvalue weighted by Crippen LogP contribution is 2.32. The van der Waals surface area contributed by atoms with Gasteiger partial charge in [-0.3, -0.25) is 0 Å². The van der Waals surface area contributed by atoms with Crippen molar-refractivity contribution in [1.29, 1.82) is 0 Å². The molecule has 1 aliphatic heterocycles. The Balaban J connectivity index is 0.00000196. The molecule has 3 heteroatoms. The SMILES string of the molecule is C.CCC1C(C)OC(COC)C(C)C1O. The Labute approximate surface area is 93.8 Å². The molecule has 0 saturated carbocycles. The van der Waals surface area contributed by atoms with Crippen molar-refractivity contribution >= 4 is 0 Å². The quantitative estimate of drug-likeness (QED) is 0.788. The zero-order chi connectivity index (χ0) is 10.7. The zero-order valence-electron chi connectivity index (χ0n) is 9.56. The molecule has 0 aromatic carbocycles. The molecule has 0 aromatic heterocycles. The fourth-order valence-electron chi connectivity index (χ4n) is 2.32. The molecule has 1 N–H and O–H groups in total. The van der Waals surface area contributed by atoms with Gasteiger partial charge < -0.3 is 14.6 Å². The predicted molar refractivity (Wildman–Crippen MR) is 61.9 cm³/mol. The summed E-state index contributed by atoms with van der Waals surface area (Å²) in [6.07, 6.45) is 0.870. The Morgan fingerprint density at radius 1 is 1.33 bits per heavy atom. The molecule has 1 saturated heterocycles. The number of ether oxygens (including phenoxy) is 2. The smallest absolute Gasteiger partial charge is 0.0862 e. The highest BCUT2D eigenvalue weighted by molar-refractivity contribution is 4.87. The van der Waals surface area contributed by atoms with E-state index in [2.05, 4.69) is 6.92 Å². The lowest BCUT2D eigenvalue weighted by atomic mass is 9.81. The summed E-state index contributed by atoms with van der Waals surface area (Å²) >= 11 is 0. The van der Waals surface area contributed by atoms with Crippen LogP contribution in [0, 0.1) is 11.8 Å². The van der Waals surface area contributed by atoms with Gasteiger partial charge in [0.2, 0.25) is 0 Å². The van der Waals surface area contributed by atoms with Crippen LogP contribution in [0.3, 0.4) is 0 Å². The average molecular weight is 218 g/mol. The molecular weight excluding hydrogens is 192 g/mol. The fourth-order valence-corrected chi connectivity index (χ4v) is 2.32. The van der Waals surface area contributed by atoms with E-state index in [4.69, 9.17) is 9.47 Å². The summed E-state index contributed by atoms with van der Waals surface area (Å²) in [7, 11) is 1.67. The van der Waals surface area contributed by atoms with Crippen LogP contribution >= 0.6 is 0 Å². The second-order valence-electron chi connectivity index (χ2n) is 4.26.